The Morgan fingerprint density at radius 1 is 0.143 bits per heavy atom. The fraction of sp³-hybridized carbons (Fsp3) is 1.00. The van der Waals surface area contributed by atoms with Crippen LogP contribution >= 0.6 is 0 Å². The first kappa shape index (κ1) is 73.2. The van der Waals surface area contributed by atoms with Gasteiger partial charge in [0.2, 0.25) is 0 Å². The summed E-state index contributed by atoms with van der Waals surface area (Å²) in [7, 11) is 0. The lowest BCUT2D eigenvalue weighted by Gasteiger charge is -2.05. The van der Waals surface area contributed by atoms with Crippen molar-refractivity contribution >= 4 is 0 Å². The van der Waals surface area contributed by atoms with E-state index in [1.54, 1.807) is 55.4 Å². The largest absolute Gasteiger partial charge is 0.397 e. The summed E-state index contributed by atoms with van der Waals surface area (Å²) in [5.74, 6) is 0. The van der Waals surface area contributed by atoms with Crippen LogP contribution in [-0.4, -0.2) is 93.7 Å². The summed E-state index contributed by atoms with van der Waals surface area (Å²) >= 11 is 0. The van der Waals surface area contributed by atoms with E-state index in [1.807, 2.05) is 0 Å². The van der Waals surface area contributed by atoms with Crippen LogP contribution in [0.25, 0.3) is 0 Å². The minimum atomic E-state index is 0.250. The molecule has 8 nitrogen and oxygen atoms in total. The second-order valence-electron chi connectivity index (χ2n) is 13.8. The summed E-state index contributed by atoms with van der Waals surface area (Å²) in [6, 6.07) is 0. The van der Waals surface area contributed by atoms with Gasteiger partial charge in [-0.2, -0.15) is 0 Å². The van der Waals surface area contributed by atoms with Crippen LogP contribution in [0.4, 0.5) is 0 Å². The van der Waals surface area contributed by atoms with Gasteiger partial charge in [0.05, 0.1) is 0 Å². The number of aliphatic hydroxyl groups excluding tert-OH is 8. The highest BCUT2D eigenvalue weighted by molar-refractivity contribution is 4.53. The maximum absolute atomic E-state index is 7.57. The van der Waals surface area contributed by atoms with Gasteiger partial charge in [0.15, 0.2) is 0 Å². The molecule has 0 aromatic heterocycles. The van der Waals surface area contributed by atoms with Crippen LogP contribution < -0.4 is 0 Å². The first-order valence-corrected chi connectivity index (χ1v) is 24.2. The maximum atomic E-state index is 7.57. The number of hydrogen-bond acceptors (Lipinski definition) is 8. The van der Waals surface area contributed by atoms with E-state index >= 15 is 0 Å². The predicted molar refractivity (Wildman–Crippen MR) is 250 cm³/mol. The van der Waals surface area contributed by atoms with E-state index in [9.17, 15) is 0 Å². The summed E-state index contributed by atoms with van der Waals surface area (Å²) < 4.78 is 0. The first-order valence-electron chi connectivity index (χ1n) is 24.2. The van der Waals surface area contributed by atoms with E-state index in [4.69, 9.17) is 40.9 Å². The van der Waals surface area contributed by atoms with Crippen LogP contribution in [0.1, 0.15) is 261 Å². The SMILES string of the molecule is C1CCCCCCCCCCCCCCCCCCCCCCCCCCCCCCC1.CCO.CCO.CCO.CCO.CCO.CCO.CCO.CCO. The summed E-state index contributed by atoms with van der Waals surface area (Å²) in [4.78, 5) is 0. The Kier molecular flexibility index (Phi) is 131. The van der Waals surface area contributed by atoms with E-state index in [2.05, 4.69) is 0 Å². The van der Waals surface area contributed by atoms with E-state index in [0.29, 0.717) is 0 Å². The van der Waals surface area contributed by atoms with Crippen LogP contribution in [0, 0.1) is 0 Å². The molecule has 0 heterocycles. The first-order chi connectivity index (χ1) is 27.3. The highest BCUT2D eigenvalue weighted by Gasteiger charge is 1.98. The van der Waals surface area contributed by atoms with Gasteiger partial charge in [-0.15, -0.1) is 0 Å². The fourth-order valence-corrected chi connectivity index (χ4v) is 5.66. The van der Waals surface area contributed by atoms with Crippen molar-refractivity contribution in [2.75, 3.05) is 52.9 Å². The molecule has 8 N–H and O–H groups in total. The van der Waals surface area contributed by atoms with Crippen molar-refractivity contribution in [2.45, 2.75) is 261 Å². The van der Waals surface area contributed by atoms with Gasteiger partial charge in [-0.25, -0.2) is 0 Å². The molecule has 0 bridgehead atoms. The van der Waals surface area contributed by atoms with Gasteiger partial charge in [0.25, 0.3) is 0 Å². The van der Waals surface area contributed by atoms with Gasteiger partial charge in [-0.05, 0) is 55.4 Å². The zero-order chi connectivity index (χ0) is 44.3. The van der Waals surface area contributed by atoms with Gasteiger partial charge < -0.3 is 40.9 Å². The van der Waals surface area contributed by atoms with Crippen molar-refractivity contribution in [2.24, 2.45) is 0 Å². The highest BCUT2D eigenvalue weighted by atomic mass is 16.3. The summed E-state index contributed by atoms with van der Waals surface area (Å²) in [5, 5.41) is 60.6. The van der Waals surface area contributed by atoms with Gasteiger partial charge in [-0.3, -0.25) is 0 Å². The fourth-order valence-electron chi connectivity index (χ4n) is 5.66. The molecule has 0 aromatic rings. The van der Waals surface area contributed by atoms with Crippen LogP contribution in [-0.2, 0) is 0 Å². The normalized spacial score (nSPS) is 16.3. The Labute approximate surface area is 353 Å². The second-order valence-corrected chi connectivity index (χ2v) is 13.8. The molecule has 0 amide bonds. The summed E-state index contributed by atoms with van der Waals surface area (Å²) in [6.45, 7) is 15.4. The smallest absolute Gasteiger partial charge is 0.0402 e. The van der Waals surface area contributed by atoms with Crippen LogP contribution in [0.15, 0.2) is 0 Å². The van der Waals surface area contributed by atoms with Crippen LogP contribution in [0.3, 0.4) is 0 Å². The molecule has 1 saturated carbocycles. The Bertz CT molecular complexity index is 275. The van der Waals surface area contributed by atoms with Crippen molar-refractivity contribution in [1.82, 2.24) is 0 Å². The molecule has 1 aliphatic carbocycles. The molecular formula is C48H112O8. The van der Waals surface area contributed by atoms with Crippen LogP contribution in [0.2, 0.25) is 0 Å². The van der Waals surface area contributed by atoms with Crippen molar-refractivity contribution in [3.05, 3.63) is 0 Å². The predicted octanol–water partition coefficient (Wildman–Crippen LogP) is 12.5. The number of rotatable bonds is 0. The Morgan fingerprint density at radius 3 is 0.179 bits per heavy atom. The maximum Gasteiger partial charge on any atom is 0.0402 e. The Balaban J connectivity index is -0.000000131. The van der Waals surface area contributed by atoms with E-state index < -0.39 is 0 Å². The summed E-state index contributed by atoms with van der Waals surface area (Å²) in [6.07, 6.45) is 48.0. The molecule has 1 fully saturated rings. The monoisotopic (exact) mass is 817 g/mol. The van der Waals surface area contributed by atoms with Gasteiger partial charge in [0.1, 0.15) is 0 Å². The molecule has 0 aromatic carbocycles. The quantitative estimate of drug-likeness (QED) is 0.120. The van der Waals surface area contributed by atoms with E-state index in [1.165, 1.54) is 205 Å². The third-order valence-corrected chi connectivity index (χ3v) is 8.00. The number of hydrogen-bond donors (Lipinski definition) is 8. The molecule has 352 valence electrons. The van der Waals surface area contributed by atoms with Crippen molar-refractivity contribution in [3.63, 3.8) is 0 Å². The molecule has 0 saturated heterocycles. The zero-order valence-corrected chi connectivity index (χ0v) is 39.9. The Morgan fingerprint density at radius 2 is 0.161 bits per heavy atom. The topological polar surface area (TPSA) is 162 Å². The molecule has 0 radical (unpaired) electrons. The van der Waals surface area contributed by atoms with Crippen molar-refractivity contribution in [1.29, 1.82) is 0 Å². The molecule has 0 aliphatic heterocycles. The lowest BCUT2D eigenvalue weighted by Crippen LogP contribution is -1.85. The molecule has 0 spiro atoms. The van der Waals surface area contributed by atoms with Crippen molar-refractivity contribution in [3.8, 4) is 0 Å². The Hall–Kier alpha value is -0.320. The van der Waals surface area contributed by atoms with Crippen molar-refractivity contribution < 1.29 is 40.9 Å². The highest BCUT2D eigenvalue weighted by Crippen LogP contribution is 2.17. The molecule has 0 atom stereocenters. The molecule has 1 rings (SSSR count). The van der Waals surface area contributed by atoms with E-state index in [0.717, 1.165) is 0 Å². The van der Waals surface area contributed by atoms with Gasteiger partial charge >= 0.3 is 0 Å². The van der Waals surface area contributed by atoms with Gasteiger partial charge in [-0.1, -0.05) is 205 Å². The lowest BCUT2D eigenvalue weighted by atomic mass is 10.0. The average Bonchev–Trinajstić information content (AvgIpc) is 3.15. The lowest BCUT2D eigenvalue weighted by molar-refractivity contribution is 0.318. The third kappa shape index (κ3) is 148. The number of aliphatic hydroxyl groups is 8. The van der Waals surface area contributed by atoms with Crippen LogP contribution in [0.5, 0.6) is 0 Å². The standard InChI is InChI=1S/C32H64.8C2H6O/c1-2-4-6-8-10-12-14-16-18-20-22-24-26-28-30-32-31-29-27-25-23-21-19-17-15-13-11-9-7-5-3-1;8*1-2-3/h1-32H2;8*3H,2H2,1H3. The molecule has 8 heteroatoms. The van der Waals surface area contributed by atoms with E-state index in [-0.39, 0.29) is 52.9 Å². The second kappa shape index (κ2) is 100. The zero-order valence-electron chi connectivity index (χ0n) is 39.9. The molecule has 0 unspecified atom stereocenters. The summed E-state index contributed by atoms with van der Waals surface area (Å²) in [5.41, 5.74) is 0. The van der Waals surface area contributed by atoms with Gasteiger partial charge in [0, 0.05) is 52.9 Å². The molecule has 56 heavy (non-hydrogen) atoms. The third-order valence-electron chi connectivity index (χ3n) is 8.00. The average molecular weight is 817 g/mol. The minimum absolute atomic E-state index is 0.250. The molecule has 1 aliphatic rings. The minimum Gasteiger partial charge on any atom is -0.397 e. The molecular weight excluding hydrogens is 705 g/mol.